The fourth-order valence-electron chi connectivity index (χ4n) is 4.11. The number of nitrogens with zero attached hydrogens (tertiary/aromatic N) is 3. The largest absolute Gasteiger partial charge is 0.324 e. The lowest BCUT2D eigenvalue weighted by Crippen LogP contribution is -2.27. The maximum absolute atomic E-state index is 13.2. The van der Waals surface area contributed by atoms with Crippen LogP contribution in [0.3, 0.4) is 0 Å². The molecule has 0 aliphatic rings. The van der Waals surface area contributed by atoms with Gasteiger partial charge in [-0.05, 0) is 57.9 Å². The van der Waals surface area contributed by atoms with E-state index < -0.39 is 6.04 Å². The van der Waals surface area contributed by atoms with Crippen LogP contribution >= 0.6 is 0 Å². The van der Waals surface area contributed by atoms with Gasteiger partial charge in [-0.15, -0.1) is 0 Å². The summed E-state index contributed by atoms with van der Waals surface area (Å²) in [4.78, 5) is 29.4. The van der Waals surface area contributed by atoms with E-state index in [4.69, 9.17) is 0 Å². The van der Waals surface area contributed by atoms with Gasteiger partial charge >= 0.3 is 0 Å². The molecule has 148 valence electrons. The lowest BCUT2D eigenvalue weighted by atomic mass is 10.0. The third-order valence-electron chi connectivity index (χ3n) is 5.36. The number of nitrogens with one attached hydrogen (secondary N) is 1. The number of para-hydroxylation sites is 1. The van der Waals surface area contributed by atoms with Gasteiger partial charge in [0.1, 0.15) is 6.04 Å². The Balaban J connectivity index is 1.86. The number of hydrogen-bond donors (Lipinski definition) is 1. The fourth-order valence-corrected chi connectivity index (χ4v) is 4.11. The Morgan fingerprint density at radius 3 is 2.38 bits per heavy atom. The molecule has 0 radical (unpaired) electrons. The molecule has 1 atom stereocenters. The third kappa shape index (κ3) is 3.10. The first-order valence-corrected chi connectivity index (χ1v) is 9.66. The zero-order valence-electron chi connectivity index (χ0n) is 17.3. The molecule has 2 heterocycles. The zero-order valence-corrected chi connectivity index (χ0v) is 17.3. The van der Waals surface area contributed by atoms with E-state index in [0.29, 0.717) is 5.65 Å². The van der Waals surface area contributed by atoms with Gasteiger partial charge in [0.15, 0.2) is 5.65 Å². The summed E-state index contributed by atoms with van der Waals surface area (Å²) in [5.41, 5.74) is 5.95. The molecule has 1 amide bonds. The Labute approximate surface area is 168 Å². The minimum atomic E-state index is -0.513. The fraction of sp³-hybridized carbons (Fsp3) is 0.261. The van der Waals surface area contributed by atoms with E-state index in [2.05, 4.69) is 22.4 Å². The number of carbonyl (C=O) groups excluding carboxylic acids is 1. The molecule has 1 unspecified atom stereocenters. The molecule has 0 fully saturated rings. The summed E-state index contributed by atoms with van der Waals surface area (Å²) in [5, 5.41) is 3.94. The first-order chi connectivity index (χ1) is 13.8. The van der Waals surface area contributed by atoms with Crippen LogP contribution in [0.5, 0.6) is 0 Å². The van der Waals surface area contributed by atoms with Crippen molar-refractivity contribution in [2.75, 3.05) is 5.32 Å². The Morgan fingerprint density at radius 2 is 1.69 bits per heavy atom. The number of amides is 1. The molecule has 2 aromatic carbocycles. The number of aryl methyl sites for hydroxylation is 4. The maximum Gasteiger partial charge on any atom is 0.273 e. The van der Waals surface area contributed by atoms with Crippen LogP contribution in [0.4, 0.5) is 5.69 Å². The van der Waals surface area contributed by atoms with Crippen molar-refractivity contribution in [1.29, 1.82) is 0 Å². The van der Waals surface area contributed by atoms with Crippen molar-refractivity contribution in [3.05, 3.63) is 75.2 Å². The molecule has 2 aromatic heterocycles. The topological polar surface area (TPSA) is 68.4 Å². The summed E-state index contributed by atoms with van der Waals surface area (Å²) in [6, 6.07) is 12.8. The molecule has 1 N–H and O–H groups in total. The van der Waals surface area contributed by atoms with E-state index in [0.717, 1.165) is 33.4 Å². The highest BCUT2D eigenvalue weighted by atomic mass is 16.2. The van der Waals surface area contributed by atoms with Crippen molar-refractivity contribution in [2.45, 2.75) is 40.7 Å². The number of benzene rings is 2. The first-order valence-electron chi connectivity index (χ1n) is 9.66. The Hall–Kier alpha value is -3.41. The molecule has 0 saturated heterocycles. The smallest absolute Gasteiger partial charge is 0.273 e. The molecule has 0 bridgehead atoms. The van der Waals surface area contributed by atoms with Crippen molar-refractivity contribution in [1.82, 2.24) is 14.2 Å². The van der Waals surface area contributed by atoms with Gasteiger partial charge in [-0.25, -0.2) is 4.52 Å². The van der Waals surface area contributed by atoms with E-state index in [1.54, 1.807) is 0 Å². The SMILES string of the molecule is Cc1cc(C)c(NC(=O)C(C)n2c3ccccc3c3nc(=O)cc(C)n32)c(C)c1. The molecule has 4 rings (SSSR count). The number of fused-ring (bicyclic) bond motifs is 3. The van der Waals surface area contributed by atoms with Gasteiger partial charge in [0.25, 0.3) is 5.56 Å². The van der Waals surface area contributed by atoms with E-state index in [-0.39, 0.29) is 11.5 Å². The van der Waals surface area contributed by atoms with Crippen LogP contribution in [-0.2, 0) is 4.79 Å². The summed E-state index contributed by atoms with van der Waals surface area (Å²) in [7, 11) is 0. The number of hydrogen-bond acceptors (Lipinski definition) is 3. The van der Waals surface area contributed by atoms with Crippen LogP contribution in [0, 0.1) is 27.7 Å². The molecule has 6 nitrogen and oxygen atoms in total. The molecule has 6 heteroatoms. The normalized spacial score (nSPS) is 12.4. The molecular weight excluding hydrogens is 364 g/mol. The van der Waals surface area contributed by atoms with E-state index >= 15 is 0 Å². The van der Waals surface area contributed by atoms with Gasteiger partial charge in [0.05, 0.1) is 5.52 Å². The predicted molar refractivity (Wildman–Crippen MR) is 116 cm³/mol. The Bertz CT molecular complexity index is 1310. The highest BCUT2D eigenvalue weighted by molar-refractivity contribution is 5.98. The molecule has 0 saturated carbocycles. The van der Waals surface area contributed by atoms with Gasteiger partial charge in [-0.2, -0.15) is 4.98 Å². The zero-order chi connectivity index (χ0) is 20.9. The summed E-state index contributed by atoms with van der Waals surface area (Å²) in [5.74, 6) is -0.124. The van der Waals surface area contributed by atoms with E-state index in [1.807, 2.05) is 68.1 Å². The number of carbonyl (C=O) groups is 1. The quantitative estimate of drug-likeness (QED) is 0.575. The third-order valence-corrected chi connectivity index (χ3v) is 5.36. The minimum Gasteiger partial charge on any atom is -0.324 e. The van der Waals surface area contributed by atoms with Crippen molar-refractivity contribution in [2.24, 2.45) is 0 Å². The van der Waals surface area contributed by atoms with Crippen LogP contribution in [0.25, 0.3) is 16.6 Å². The van der Waals surface area contributed by atoms with Crippen molar-refractivity contribution in [3.8, 4) is 0 Å². The molecule has 29 heavy (non-hydrogen) atoms. The van der Waals surface area contributed by atoms with Gasteiger partial charge in [0, 0.05) is 22.8 Å². The summed E-state index contributed by atoms with van der Waals surface area (Å²) >= 11 is 0. The lowest BCUT2D eigenvalue weighted by molar-refractivity contribution is -0.119. The monoisotopic (exact) mass is 388 g/mol. The number of anilines is 1. The Morgan fingerprint density at radius 1 is 1.03 bits per heavy atom. The maximum atomic E-state index is 13.2. The second-order valence-corrected chi connectivity index (χ2v) is 7.67. The molecule has 0 spiro atoms. The van der Waals surface area contributed by atoms with Gasteiger partial charge < -0.3 is 5.32 Å². The Kier molecular flexibility index (Phi) is 4.49. The van der Waals surface area contributed by atoms with Gasteiger partial charge in [-0.3, -0.25) is 14.3 Å². The van der Waals surface area contributed by atoms with Crippen LogP contribution in [-0.4, -0.2) is 20.1 Å². The predicted octanol–water partition coefficient (Wildman–Crippen LogP) is 4.08. The second-order valence-electron chi connectivity index (χ2n) is 7.67. The van der Waals surface area contributed by atoms with Crippen molar-refractivity contribution < 1.29 is 4.79 Å². The van der Waals surface area contributed by atoms with Crippen LogP contribution in [0.2, 0.25) is 0 Å². The number of rotatable bonds is 3. The van der Waals surface area contributed by atoms with Crippen molar-refractivity contribution in [3.63, 3.8) is 0 Å². The number of aromatic nitrogens is 3. The lowest BCUT2D eigenvalue weighted by Gasteiger charge is -2.20. The van der Waals surface area contributed by atoms with Gasteiger partial charge in [-0.1, -0.05) is 29.8 Å². The second kappa shape index (κ2) is 6.88. The van der Waals surface area contributed by atoms with E-state index in [9.17, 15) is 9.59 Å². The minimum absolute atomic E-state index is 0.124. The average molecular weight is 388 g/mol. The molecule has 0 aliphatic heterocycles. The standard InChI is InChI=1S/C23H24N4O2/c1-13-10-14(2)21(15(3)11-13)25-23(29)17(5)27-19-9-7-6-8-18(19)22-24-20(28)12-16(4)26(22)27/h6-12,17H,1-5H3,(H,25,29). The summed E-state index contributed by atoms with van der Waals surface area (Å²) in [6.45, 7) is 9.75. The molecule has 4 aromatic rings. The van der Waals surface area contributed by atoms with Crippen LogP contribution < -0.4 is 10.9 Å². The molecular formula is C23H24N4O2. The average Bonchev–Trinajstić information content (AvgIpc) is 2.98. The highest BCUT2D eigenvalue weighted by Crippen LogP contribution is 2.27. The summed E-state index contributed by atoms with van der Waals surface area (Å²) in [6.07, 6.45) is 0. The van der Waals surface area contributed by atoms with E-state index in [1.165, 1.54) is 11.6 Å². The molecule has 0 aliphatic carbocycles. The van der Waals surface area contributed by atoms with Crippen LogP contribution in [0.15, 0.2) is 47.3 Å². The van der Waals surface area contributed by atoms with Gasteiger partial charge in [0.2, 0.25) is 5.91 Å². The van der Waals surface area contributed by atoms with Crippen molar-refractivity contribution >= 4 is 28.1 Å². The summed E-state index contributed by atoms with van der Waals surface area (Å²) < 4.78 is 3.76. The van der Waals surface area contributed by atoms with Crippen LogP contribution in [0.1, 0.15) is 35.3 Å². The highest BCUT2D eigenvalue weighted by Gasteiger charge is 2.23. The first kappa shape index (κ1) is 18.9.